The fraction of sp³-hybridized carbons (Fsp3) is 0.368. The molecule has 0 spiro atoms. The van der Waals surface area contributed by atoms with Crippen molar-refractivity contribution < 1.29 is 4.79 Å². The first-order valence-electron chi connectivity index (χ1n) is 8.17. The molecule has 1 aliphatic heterocycles. The number of nitrogens with zero attached hydrogens (tertiary/aromatic N) is 2. The second kappa shape index (κ2) is 6.82. The van der Waals surface area contributed by atoms with E-state index in [1.807, 2.05) is 23.1 Å². The fourth-order valence-corrected chi connectivity index (χ4v) is 3.54. The molecule has 0 radical (unpaired) electrons. The summed E-state index contributed by atoms with van der Waals surface area (Å²) in [4.78, 5) is 18.7. The van der Waals surface area contributed by atoms with Gasteiger partial charge < -0.3 is 10.2 Å². The number of aromatic nitrogens is 1. The summed E-state index contributed by atoms with van der Waals surface area (Å²) in [5, 5.41) is 3.02. The molecule has 0 saturated carbocycles. The standard InChI is InChI=1S/C19H23N3O/c1-14-11-18(17-8-4-3-5-9-17)15(2)22(14)19(23)21-13-16-7-6-10-20-12-16/h3-10,12,14-15,18H,11,13H2,1-2H3,(H,21,23). The number of hydrogen-bond acceptors (Lipinski definition) is 2. The Bertz CT molecular complexity index is 644. The molecule has 23 heavy (non-hydrogen) atoms. The summed E-state index contributed by atoms with van der Waals surface area (Å²) in [6.07, 6.45) is 4.52. The Hall–Kier alpha value is -2.36. The van der Waals surface area contributed by atoms with Gasteiger partial charge in [0.15, 0.2) is 0 Å². The van der Waals surface area contributed by atoms with Crippen LogP contribution >= 0.6 is 0 Å². The number of amides is 2. The van der Waals surface area contributed by atoms with Gasteiger partial charge >= 0.3 is 6.03 Å². The molecular weight excluding hydrogens is 286 g/mol. The fourth-order valence-electron chi connectivity index (χ4n) is 3.54. The molecule has 1 aromatic carbocycles. The third-order valence-electron chi connectivity index (χ3n) is 4.72. The number of carbonyl (C=O) groups excluding carboxylic acids is 1. The van der Waals surface area contributed by atoms with Gasteiger partial charge in [0.25, 0.3) is 0 Å². The number of rotatable bonds is 3. The first-order valence-corrected chi connectivity index (χ1v) is 8.17. The summed E-state index contributed by atoms with van der Waals surface area (Å²) in [6.45, 7) is 4.78. The molecular formula is C19H23N3O. The lowest BCUT2D eigenvalue weighted by Gasteiger charge is -2.28. The van der Waals surface area contributed by atoms with Crippen LogP contribution in [0, 0.1) is 0 Å². The van der Waals surface area contributed by atoms with E-state index in [4.69, 9.17) is 0 Å². The van der Waals surface area contributed by atoms with Gasteiger partial charge in [-0.05, 0) is 37.5 Å². The maximum absolute atomic E-state index is 12.6. The van der Waals surface area contributed by atoms with Crippen LogP contribution in [0.15, 0.2) is 54.9 Å². The second-order valence-corrected chi connectivity index (χ2v) is 6.27. The summed E-state index contributed by atoms with van der Waals surface area (Å²) in [5.41, 5.74) is 2.33. The van der Waals surface area contributed by atoms with Crippen molar-refractivity contribution in [2.75, 3.05) is 0 Å². The van der Waals surface area contributed by atoms with Crippen molar-refractivity contribution in [2.45, 2.75) is 44.8 Å². The van der Waals surface area contributed by atoms with Gasteiger partial charge in [-0.2, -0.15) is 0 Å². The van der Waals surface area contributed by atoms with Crippen LogP contribution in [-0.4, -0.2) is 28.0 Å². The van der Waals surface area contributed by atoms with Gasteiger partial charge in [-0.3, -0.25) is 4.98 Å². The largest absolute Gasteiger partial charge is 0.334 e. The van der Waals surface area contributed by atoms with Crippen molar-refractivity contribution >= 4 is 6.03 Å². The van der Waals surface area contributed by atoms with Gasteiger partial charge in [0.05, 0.1) is 0 Å². The average molecular weight is 309 g/mol. The van der Waals surface area contributed by atoms with E-state index in [1.165, 1.54) is 5.56 Å². The number of benzene rings is 1. The SMILES string of the molecule is CC1CC(c2ccccc2)C(C)N1C(=O)NCc1cccnc1. The second-order valence-electron chi connectivity index (χ2n) is 6.27. The number of hydrogen-bond donors (Lipinski definition) is 1. The minimum Gasteiger partial charge on any atom is -0.334 e. The molecule has 1 aliphatic rings. The van der Waals surface area contributed by atoms with E-state index in [0.29, 0.717) is 12.5 Å². The predicted octanol–water partition coefficient (Wildman–Crippen LogP) is 3.56. The van der Waals surface area contributed by atoms with Crippen molar-refractivity contribution in [3.05, 3.63) is 66.0 Å². The average Bonchev–Trinajstić information content (AvgIpc) is 2.89. The zero-order valence-corrected chi connectivity index (χ0v) is 13.6. The van der Waals surface area contributed by atoms with E-state index in [0.717, 1.165) is 12.0 Å². The number of likely N-dealkylation sites (tertiary alicyclic amines) is 1. The third-order valence-corrected chi connectivity index (χ3v) is 4.72. The molecule has 0 bridgehead atoms. The molecule has 1 fully saturated rings. The Labute approximate surface area is 137 Å². The molecule has 1 N–H and O–H groups in total. The van der Waals surface area contributed by atoms with Gasteiger partial charge in [0.2, 0.25) is 0 Å². The quantitative estimate of drug-likeness (QED) is 0.942. The van der Waals surface area contributed by atoms with Gasteiger partial charge in [-0.25, -0.2) is 4.79 Å². The molecule has 3 rings (SSSR count). The van der Waals surface area contributed by atoms with Gasteiger partial charge in [0, 0.05) is 36.9 Å². The van der Waals surface area contributed by atoms with Crippen LogP contribution in [0.2, 0.25) is 0 Å². The lowest BCUT2D eigenvalue weighted by molar-refractivity contribution is 0.178. The molecule has 2 amide bonds. The Kier molecular flexibility index (Phi) is 4.60. The Morgan fingerprint density at radius 1 is 1.22 bits per heavy atom. The summed E-state index contributed by atoms with van der Waals surface area (Å²) in [5.74, 6) is 0.398. The van der Waals surface area contributed by atoms with E-state index in [-0.39, 0.29) is 18.1 Å². The highest BCUT2D eigenvalue weighted by molar-refractivity contribution is 5.75. The monoisotopic (exact) mass is 309 g/mol. The molecule has 2 heterocycles. The van der Waals surface area contributed by atoms with Gasteiger partial charge in [-0.1, -0.05) is 36.4 Å². The van der Waals surface area contributed by atoms with Crippen molar-refractivity contribution in [1.82, 2.24) is 15.2 Å². The minimum atomic E-state index is 0.00674. The summed E-state index contributed by atoms with van der Waals surface area (Å²) in [6, 6.07) is 14.8. The normalized spacial score (nSPS) is 23.7. The van der Waals surface area contributed by atoms with Crippen molar-refractivity contribution in [2.24, 2.45) is 0 Å². The van der Waals surface area contributed by atoms with Crippen LogP contribution in [0.5, 0.6) is 0 Å². The van der Waals surface area contributed by atoms with E-state index >= 15 is 0 Å². The van der Waals surface area contributed by atoms with Gasteiger partial charge in [0.1, 0.15) is 0 Å². The van der Waals surface area contributed by atoms with E-state index in [2.05, 4.69) is 48.4 Å². The maximum atomic E-state index is 12.6. The minimum absolute atomic E-state index is 0.00674. The number of nitrogens with one attached hydrogen (secondary N) is 1. The lowest BCUT2D eigenvalue weighted by atomic mass is 9.92. The molecule has 2 aromatic rings. The van der Waals surface area contributed by atoms with E-state index in [1.54, 1.807) is 12.4 Å². The van der Waals surface area contributed by atoms with Crippen LogP contribution in [-0.2, 0) is 6.54 Å². The van der Waals surface area contributed by atoms with Crippen LogP contribution < -0.4 is 5.32 Å². The first-order chi connectivity index (χ1) is 11.2. The molecule has 1 saturated heterocycles. The Balaban J connectivity index is 1.66. The molecule has 120 valence electrons. The van der Waals surface area contributed by atoms with Crippen LogP contribution in [0.1, 0.15) is 37.3 Å². The van der Waals surface area contributed by atoms with Crippen molar-refractivity contribution in [3.63, 3.8) is 0 Å². The number of urea groups is 1. The predicted molar refractivity (Wildman–Crippen MR) is 91.0 cm³/mol. The van der Waals surface area contributed by atoms with Crippen LogP contribution in [0.4, 0.5) is 4.79 Å². The summed E-state index contributed by atoms with van der Waals surface area (Å²) < 4.78 is 0. The molecule has 4 nitrogen and oxygen atoms in total. The van der Waals surface area contributed by atoms with Crippen LogP contribution in [0.25, 0.3) is 0 Å². The van der Waals surface area contributed by atoms with Crippen molar-refractivity contribution in [1.29, 1.82) is 0 Å². The highest BCUT2D eigenvalue weighted by Crippen LogP contribution is 2.37. The van der Waals surface area contributed by atoms with E-state index < -0.39 is 0 Å². The zero-order chi connectivity index (χ0) is 16.2. The molecule has 4 heteroatoms. The molecule has 0 aliphatic carbocycles. The molecule has 3 unspecified atom stereocenters. The van der Waals surface area contributed by atoms with Gasteiger partial charge in [-0.15, -0.1) is 0 Å². The third kappa shape index (κ3) is 3.36. The van der Waals surface area contributed by atoms with E-state index in [9.17, 15) is 4.79 Å². The lowest BCUT2D eigenvalue weighted by Crippen LogP contribution is -2.45. The molecule has 3 atom stereocenters. The number of carbonyl (C=O) groups is 1. The van der Waals surface area contributed by atoms with Crippen LogP contribution in [0.3, 0.4) is 0 Å². The summed E-state index contributed by atoms with van der Waals surface area (Å²) in [7, 11) is 0. The highest BCUT2D eigenvalue weighted by Gasteiger charge is 2.39. The Morgan fingerprint density at radius 3 is 2.70 bits per heavy atom. The number of pyridine rings is 1. The maximum Gasteiger partial charge on any atom is 0.318 e. The Morgan fingerprint density at radius 2 is 2.00 bits per heavy atom. The molecule has 1 aromatic heterocycles. The summed E-state index contributed by atoms with van der Waals surface area (Å²) >= 11 is 0. The topological polar surface area (TPSA) is 45.2 Å². The highest BCUT2D eigenvalue weighted by atomic mass is 16.2. The smallest absolute Gasteiger partial charge is 0.318 e. The van der Waals surface area contributed by atoms with Crippen molar-refractivity contribution in [3.8, 4) is 0 Å². The zero-order valence-electron chi connectivity index (χ0n) is 13.6. The first kappa shape index (κ1) is 15.5.